The van der Waals surface area contributed by atoms with Crippen molar-refractivity contribution in [2.24, 2.45) is 11.7 Å². The zero-order chi connectivity index (χ0) is 15.4. The number of hydrogen-bond donors (Lipinski definition) is 2. The molecule has 0 saturated carbocycles. The maximum absolute atomic E-state index is 12.3. The first kappa shape index (κ1) is 15.3. The van der Waals surface area contributed by atoms with Gasteiger partial charge in [0.25, 0.3) is 0 Å². The molecular formula is C15H20N2O4. The number of carbonyl (C=O) groups excluding carboxylic acids is 1. The number of rotatable bonds is 5. The van der Waals surface area contributed by atoms with Crippen LogP contribution in [-0.4, -0.2) is 36.7 Å². The first-order valence-electron chi connectivity index (χ1n) is 7.04. The van der Waals surface area contributed by atoms with Gasteiger partial charge in [0, 0.05) is 6.42 Å². The quantitative estimate of drug-likeness (QED) is 0.857. The molecule has 6 nitrogen and oxygen atoms in total. The molecule has 3 N–H and O–H groups in total. The molecular weight excluding hydrogens is 272 g/mol. The average molecular weight is 292 g/mol. The maximum Gasteiger partial charge on any atom is 0.339 e. The third-order valence-corrected chi connectivity index (χ3v) is 3.63. The monoisotopic (exact) mass is 292 g/mol. The Morgan fingerprint density at radius 2 is 2.24 bits per heavy atom. The van der Waals surface area contributed by atoms with Crippen molar-refractivity contribution >= 4 is 17.6 Å². The summed E-state index contributed by atoms with van der Waals surface area (Å²) < 4.78 is 5.45. The molecule has 1 aliphatic heterocycles. The number of carboxylic acid groups (broad SMARTS) is 1. The average Bonchev–Trinajstić information content (AvgIpc) is 2.50. The van der Waals surface area contributed by atoms with Crippen molar-refractivity contribution in [2.45, 2.75) is 19.8 Å². The lowest BCUT2D eigenvalue weighted by molar-refractivity contribution is -0.119. The number of fused-ring (bicyclic) bond motifs is 1. The van der Waals surface area contributed by atoms with E-state index >= 15 is 0 Å². The van der Waals surface area contributed by atoms with Crippen LogP contribution in [0.15, 0.2) is 18.2 Å². The van der Waals surface area contributed by atoms with Gasteiger partial charge in [-0.3, -0.25) is 4.79 Å². The van der Waals surface area contributed by atoms with Crippen molar-refractivity contribution in [2.75, 3.05) is 24.6 Å². The topological polar surface area (TPSA) is 92.9 Å². The summed E-state index contributed by atoms with van der Waals surface area (Å²) >= 11 is 0. The predicted molar refractivity (Wildman–Crippen MR) is 78.7 cm³/mol. The van der Waals surface area contributed by atoms with Crippen LogP contribution in [0, 0.1) is 5.92 Å². The van der Waals surface area contributed by atoms with Crippen LogP contribution in [0.4, 0.5) is 5.69 Å². The SMILES string of the molecule is CC(CN)CCC(=O)N1CCOc2c(C(=O)O)cccc21. The molecule has 0 fully saturated rings. The van der Waals surface area contributed by atoms with Gasteiger partial charge in [0.1, 0.15) is 12.2 Å². The van der Waals surface area contributed by atoms with Crippen LogP contribution in [0.2, 0.25) is 0 Å². The lowest BCUT2D eigenvalue weighted by Crippen LogP contribution is -2.38. The molecule has 0 aliphatic carbocycles. The van der Waals surface area contributed by atoms with Crippen molar-refractivity contribution < 1.29 is 19.4 Å². The summed E-state index contributed by atoms with van der Waals surface area (Å²) in [6, 6.07) is 4.82. The molecule has 1 aromatic rings. The van der Waals surface area contributed by atoms with Gasteiger partial charge in [-0.2, -0.15) is 0 Å². The molecule has 1 aromatic carbocycles. The Labute approximate surface area is 123 Å². The minimum absolute atomic E-state index is 0.0256. The van der Waals surface area contributed by atoms with Crippen molar-refractivity contribution in [3.8, 4) is 5.75 Å². The fourth-order valence-corrected chi connectivity index (χ4v) is 2.30. The number of anilines is 1. The fraction of sp³-hybridized carbons (Fsp3) is 0.467. The Bertz CT molecular complexity index is 544. The van der Waals surface area contributed by atoms with Gasteiger partial charge in [0.15, 0.2) is 5.75 Å². The number of amides is 1. The molecule has 2 rings (SSSR count). The summed E-state index contributed by atoms with van der Waals surface area (Å²) in [6.07, 6.45) is 1.12. The minimum Gasteiger partial charge on any atom is -0.489 e. The summed E-state index contributed by atoms with van der Waals surface area (Å²) in [4.78, 5) is 25.2. The second kappa shape index (κ2) is 6.58. The summed E-state index contributed by atoms with van der Waals surface area (Å²) in [5.74, 6) is -0.517. The second-order valence-electron chi connectivity index (χ2n) is 5.23. The van der Waals surface area contributed by atoms with Crippen LogP contribution in [0.25, 0.3) is 0 Å². The predicted octanol–water partition coefficient (Wildman–Crippen LogP) is 1.49. The number of benzene rings is 1. The normalized spacial score (nSPS) is 15.0. The number of carbonyl (C=O) groups is 2. The Morgan fingerprint density at radius 1 is 1.48 bits per heavy atom. The van der Waals surface area contributed by atoms with Crippen LogP contribution in [0.3, 0.4) is 0 Å². The van der Waals surface area contributed by atoms with Crippen molar-refractivity contribution in [3.05, 3.63) is 23.8 Å². The van der Waals surface area contributed by atoms with E-state index in [0.717, 1.165) is 6.42 Å². The molecule has 0 bridgehead atoms. The van der Waals surface area contributed by atoms with E-state index in [1.54, 1.807) is 17.0 Å². The van der Waals surface area contributed by atoms with Gasteiger partial charge in [0.05, 0.1) is 12.2 Å². The van der Waals surface area contributed by atoms with E-state index in [4.69, 9.17) is 10.5 Å². The van der Waals surface area contributed by atoms with Gasteiger partial charge in [-0.1, -0.05) is 13.0 Å². The molecule has 21 heavy (non-hydrogen) atoms. The number of nitrogens with two attached hydrogens (primary N) is 1. The van der Waals surface area contributed by atoms with E-state index in [9.17, 15) is 14.7 Å². The molecule has 0 spiro atoms. The van der Waals surface area contributed by atoms with Crippen LogP contribution in [-0.2, 0) is 4.79 Å². The number of hydrogen-bond acceptors (Lipinski definition) is 4. The molecule has 1 amide bonds. The first-order chi connectivity index (χ1) is 10.0. The van der Waals surface area contributed by atoms with Crippen LogP contribution >= 0.6 is 0 Å². The van der Waals surface area contributed by atoms with E-state index in [2.05, 4.69) is 0 Å². The third-order valence-electron chi connectivity index (χ3n) is 3.63. The standard InChI is InChI=1S/C15H20N2O4/c1-10(9-16)5-6-13(18)17-7-8-21-14-11(15(19)20)3-2-4-12(14)17/h2-4,10H,5-9,16H2,1H3,(H,19,20). The number of ether oxygens (including phenoxy) is 1. The lowest BCUT2D eigenvalue weighted by Gasteiger charge is -2.30. The van der Waals surface area contributed by atoms with Crippen LogP contribution in [0.1, 0.15) is 30.1 Å². The highest BCUT2D eigenvalue weighted by molar-refractivity contribution is 5.99. The van der Waals surface area contributed by atoms with Gasteiger partial charge >= 0.3 is 5.97 Å². The number of aromatic carboxylic acids is 1. The molecule has 6 heteroatoms. The van der Waals surface area contributed by atoms with Gasteiger partial charge in [-0.15, -0.1) is 0 Å². The zero-order valence-electron chi connectivity index (χ0n) is 12.0. The molecule has 0 radical (unpaired) electrons. The van der Waals surface area contributed by atoms with Gasteiger partial charge in [0.2, 0.25) is 5.91 Å². The van der Waals surface area contributed by atoms with Crippen LogP contribution < -0.4 is 15.4 Å². The van der Waals surface area contributed by atoms with Gasteiger partial charge in [-0.25, -0.2) is 4.79 Å². The van der Waals surface area contributed by atoms with Crippen molar-refractivity contribution in [1.82, 2.24) is 0 Å². The Balaban J connectivity index is 2.20. The van der Waals surface area contributed by atoms with Gasteiger partial charge < -0.3 is 20.5 Å². The zero-order valence-corrected chi connectivity index (χ0v) is 12.0. The van der Waals surface area contributed by atoms with E-state index in [-0.39, 0.29) is 17.2 Å². The highest BCUT2D eigenvalue weighted by Crippen LogP contribution is 2.35. The summed E-state index contributed by atoms with van der Waals surface area (Å²) in [7, 11) is 0. The number of para-hydroxylation sites is 1. The number of carboxylic acids is 1. The Kier molecular flexibility index (Phi) is 4.80. The first-order valence-corrected chi connectivity index (χ1v) is 7.04. The summed E-state index contributed by atoms with van der Waals surface area (Å²) in [5, 5.41) is 9.18. The third kappa shape index (κ3) is 3.33. The van der Waals surface area contributed by atoms with Crippen LogP contribution in [0.5, 0.6) is 5.75 Å². The molecule has 114 valence electrons. The van der Waals surface area contributed by atoms with E-state index in [1.165, 1.54) is 6.07 Å². The smallest absolute Gasteiger partial charge is 0.339 e. The second-order valence-corrected chi connectivity index (χ2v) is 5.23. The van der Waals surface area contributed by atoms with E-state index < -0.39 is 5.97 Å². The highest BCUT2D eigenvalue weighted by Gasteiger charge is 2.27. The fourth-order valence-electron chi connectivity index (χ4n) is 2.30. The van der Waals surface area contributed by atoms with Gasteiger partial charge in [-0.05, 0) is 31.0 Å². The Morgan fingerprint density at radius 3 is 2.90 bits per heavy atom. The lowest BCUT2D eigenvalue weighted by atomic mass is 10.0. The van der Waals surface area contributed by atoms with E-state index in [0.29, 0.717) is 37.7 Å². The molecule has 0 saturated heterocycles. The molecule has 1 aliphatic rings. The largest absolute Gasteiger partial charge is 0.489 e. The highest BCUT2D eigenvalue weighted by atomic mass is 16.5. The summed E-state index contributed by atoms with van der Waals surface area (Å²) in [5.41, 5.74) is 6.17. The van der Waals surface area contributed by atoms with Crippen molar-refractivity contribution in [1.29, 1.82) is 0 Å². The van der Waals surface area contributed by atoms with E-state index in [1.807, 2.05) is 6.92 Å². The number of nitrogens with zero attached hydrogens (tertiary/aromatic N) is 1. The molecule has 0 aromatic heterocycles. The molecule has 1 atom stereocenters. The molecule has 1 unspecified atom stereocenters. The molecule has 1 heterocycles. The Hall–Kier alpha value is -2.08. The maximum atomic E-state index is 12.3. The summed E-state index contributed by atoms with van der Waals surface area (Å²) in [6.45, 7) is 3.29. The van der Waals surface area contributed by atoms with Crippen molar-refractivity contribution in [3.63, 3.8) is 0 Å². The minimum atomic E-state index is -1.06.